The van der Waals surface area contributed by atoms with Crippen LogP contribution in [0.5, 0.6) is 0 Å². The molecule has 0 saturated carbocycles. The maximum atomic E-state index is 12.6. The largest absolute Gasteiger partial charge is 0.378 e. The zero-order valence-electron chi connectivity index (χ0n) is 16.4. The maximum Gasteiger partial charge on any atom is 0.240 e. The average molecular weight is 407 g/mol. The van der Waals surface area contributed by atoms with Gasteiger partial charge in [0.1, 0.15) is 0 Å². The number of nitrogens with zero attached hydrogens (tertiary/aromatic N) is 5. The van der Waals surface area contributed by atoms with E-state index in [0.29, 0.717) is 44.0 Å². The highest BCUT2D eigenvalue weighted by molar-refractivity contribution is 7.89. The Labute approximate surface area is 165 Å². The summed E-state index contributed by atoms with van der Waals surface area (Å²) in [6, 6.07) is 6.86. The average Bonchev–Trinajstić information content (AvgIpc) is 2.73. The van der Waals surface area contributed by atoms with Gasteiger partial charge in [-0.05, 0) is 24.1 Å². The molecular weight excluding hydrogens is 380 g/mol. The molecule has 1 saturated heterocycles. The highest BCUT2D eigenvalue weighted by Crippen LogP contribution is 2.15. The molecule has 9 nitrogen and oxygen atoms in total. The van der Waals surface area contributed by atoms with Crippen molar-refractivity contribution in [1.82, 2.24) is 19.7 Å². The Balaban J connectivity index is 1.79. The molecule has 28 heavy (non-hydrogen) atoms. The van der Waals surface area contributed by atoms with E-state index in [9.17, 15) is 8.42 Å². The molecule has 0 radical (unpaired) electrons. The van der Waals surface area contributed by atoms with E-state index in [1.165, 1.54) is 0 Å². The zero-order chi connectivity index (χ0) is 20.1. The van der Waals surface area contributed by atoms with E-state index in [4.69, 9.17) is 4.74 Å². The van der Waals surface area contributed by atoms with E-state index in [0.717, 1.165) is 12.0 Å². The molecule has 1 aliphatic heterocycles. The van der Waals surface area contributed by atoms with Crippen molar-refractivity contribution >= 4 is 21.9 Å². The van der Waals surface area contributed by atoms with E-state index >= 15 is 0 Å². The lowest BCUT2D eigenvalue weighted by Crippen LogP contribution is -2.38. The fraction of sp³-hybridized carbons (Fsp3) is 0.500. The maximum absolute atomic E-state index is 12.6. The second-order valence-electron chi connectivity index (χ2n) is 6.67. The first kappa shape index (κ1) is 20.4. The van der Waals surface area contributed by atoms with Gasteiger partial charge >= 0.3 is 0 Å². The van der Waals surface area contributed by atoms with Gasteiger partial charge in [-0.2, -0.15) is 15.0 Å². The number of rotatable bonds is 7. The van der Waals surface area contributed by atoms with Crippen LogP contribution in [-0.4, -0.2) is 63.8 Å². The lowest BCUT2D eigenvalue weighted by molar-refractivity contribution is 0.122. The molecule has 2 heterocycles. The number of aryl methyl sites for hydroxylation is 1. The van der Waals surface area contributed by atoms with Crippen LogP contribution in [0.15, 0.2) is 29.2 Å². The lowest BCUT2D eigenvalue weighted by Gasteiger charge is -2.27. The third-order valence-electron chi connectivity index (χ3n) is 4.41. The molecule has 0 amide bonds. The highest BCUT2D eigenvalue weighted by Gasteiger charge is 2.19. The summed E-state index contributed by atoms with van der Waals surface area (Å²) in [5.74, 6) is 1.38. The Hall–Kier alpha value is -2.30. The van der Waals surface area contributed by atoms with Gasteiger partial charge in [0.05, 0.1) is 24.7 Å². The molecule has 0 aliphatic carbocycles. The minimum atomic E-state index is -3.65. The summed E-state index contributed by atoms with van der Waals surface area (Å²) in [4.78, 5) is 17.3. The second kappa shape index (κ2) is 8.80. The van der Waals surface area contributed by atoms with Gasteiger partial charge in [-0.1, -0.05) is 19.1 Å². The first-order valence-electron chi connectivity index (χ1n) is 9.22. The summed E-state index contributed by atoms with van der Waals surface area (Å²) in [6.07, 6.45) is 0.857. The molecule has 0 atom stereocenters. The Kier molecular flexibility index (Phi) is 6.42. The zero-order valence-corrected chi connectivity index (χ0v) is 17.2. The Morgan fingerprint density at radius 3 is 2.39 bits per heavy atom. The molecule has 1 aromatic heterocycles. The number of anilines is 2. The van der Waals surface area contributed by atoms with Crippen LogP contribution in [-0.2, 0) is 27.7 Å². The van der Waals surface area contributed by atoms with Crippen molar-refractivity contribution in [2.75, 3.05) is 50.2 Å². The van der Waals surface area contributed by atoms with E-state index in [1.807, 2.05) is 38.1 Å². The topological polar surface area (TPSA) is 101 Å². The normalized spacial score (nSPS) is 14.9. The third kappa shape index (κ3) is 4.94. The molecule has 1 aliphatic rings. The van der Waals surface area contributed by atoms with Crippen molar-refractivity contribution in [3.63, 3.8) is 0 Å². The summed E-state index contributed by atoms with van der Waals surface area (Å²) in [7, 11) is 0.0181. The van der Waals surface area contributed by atoms with Crippen molar-refractivity contribution in [3.8, 4) is 0 Å². The van der Waals surface area contributed by atoms with Crippen molar-refractivity contribution in [2.45, 2.75) is 24.8 Å². The number of aromatic nitrogens is 3. The fourth-order valence-corrected chi connectivity index (χ4v) is 3.71. The van der Waals surface area contributed by atoms with E-state index in [1.54, 1.807) is 17.0 Å². The Morgan fingerprint density at radius 1 is 1.11 bits per heavy atom. The minimum absolute atomic E-state index is 0.0153. The molecule has 0 spiro atoms. The molecule has 2 aromatic rings. The van der Waals surface area contributed by atoms with E-state index in [-0.39, 0.29) is 11.4 Å². The van der Waals surface area contributed by atoms with Crippen molar-refractivity contribution in [3.05, 3.63) is 35.7 Å². The smallest absolute Gasteiger partial charge is 0.240 e. The SMILES string of the molecule is CCc1ccc(S(=O)(=O)NCc2nc(N(C)C)nc(N3CCOCC3)n2)cc1. The van der Waals surface area contributed by atoms with Gasteiger partial charge in [0.2, 0.25) is 21.9 Å². The summed E-state index contributed by atoms with van der Waals surface area (Å²) in [5, 5.41) is 0. The molecule has 10 heteroatoms. The third-order valence-corrected chi connectivity index (χ3v) is 5.83. The molecule has 152 valence electrons. The summed E-state index contributed by atoms with van der Waals surface area (Å²) in [5.41, 5.74) is 1.09. The van der Waals surface area contributed by atoms with Crippen LogP contribution in [0.1, 0.15) is 18.3 Å². The van der Waals surface area contributed by atoms with Gasteiger partial charge in [-0.15, -0.1) is 0 Å². The predicted octanol–water partition coefficient (Wildman–Crippen LogP) is 0.815. The molecule has 3 rings (SSSR count). The quantitative estimate of drug-likeness (QED) is 0.721. The van der Waals surface area contributed by atoms with Crippen molar-refractivity contribution in [2.24, 2.45) is 0 Å². The first-order valence-corrected chi connectivity index (χ1v) is 10.7. The van der Waals surface area contributed by atoms with Gasteiger partial charge in [0.15, 0.2) is 5.82 Å². The van der Waals surface area contributed by atoms with Gasteiger partial charge in [0, 0.05) is 27.2 Å². The standard InChI is InChI=1S/C18H26N6O3S/c1-4-14-5-7-15(8-6-14)28(25,26)19-13-16-20-17(23(2)3)22-18(21-16)24-9-11-27-12-10-24/h5-8,19H,4,9-13H2,1-3H3. The lowest BCUT2D eigenvalue weighted by atomic mass is 10.2. The molecule has 0 bridgehead atoms. The number of morpholine rings is 1. The van der Waals surface area contributed by atoms with Crippen LogP contribution in [0.4, 0.5) is 11.9 Å². The summed E-state index contributed by atoms with van der Waals surface area (Å²) >= 11 is 0. The predicted molar refractivity (Wildman–Crippen MR) is 107 cm³/mol. The second-order valence-corrected chi connectivity index (χ2v) is 8.43. The van der Waals surface area contributed by atoms with Gasteiger partial charge < -0.3 is 14.5 Å². The molecular formula is C18H26N6O3S. The number of ether oxygens (including phenoxy) is 1. The number of sulfonamides is 1. The van der Waals surface area contributed by atoms with E-state index < -0.39 is 10.0 Å². The van der Waals surface area contributed by atoms with Gasteiger partial charge in [-0.3, -0.25) is 0 Å². The minimum Gasteiger partial charge on any atom is -0.378 e. The molecule has 0 unspecified atom stereocenters. The molecule has 1 aromatic carbocycles. The fourth-order valence-electron chi connectivity index (χ4n) is 2.73. The monoisotopic (exact) mass is 406 g/mol. The van der Waals surface area contributed by atoms with Crippen molar-refractivity contribution in [1.29, 1.82) is 0 Å². The van der Waals surface area contributed by atoms with Crippen LogP contribution in [0.25, 0.3) is 0 Å². The van der Waals surface area contributed by atoms with Crippen LogP contribution in [0, 0.1) is 0 Å². The van der Waals surface area contributed by atoms with Crippen LogP contribution in [0.3, 0.4) is 0 Å². The van der Waals surface area contributed by atoms with Gasteiger partial charge in [-0.25, -0.2) is 13.1 Å². The first-order chi connectivity index (χ1) is 13.4. The molecule has 1 N–H and O–H groups in total. The Morgan fingerprint density at radius 2 is 1.79 bits per heavy atom. The molecule has 1 fully saturated rings. The van der Waals surface area contributed by atoms with Gasteiger partial charge in [0.25, 0.3) is 0 Å². The van der Waals surface area contributed by atoms with Crippen LogP contribution >= 0.6 is 0 Å². The number of hydrogen-bond donors (Lipinski definition) is 1. The van der Waals surface area contributed by atoms with Crippen LogP contribution in [0.2, 0.25) is 0 Å². The highest BCUT2D eigenvalue weighted by atomic mass is 32.2. The van der Waals surface area contributed by atoms with Crippen molar-refractivity contribution < 1.29 is 13.2 Å². The number of hydrogen-bond acceptors (Lipinski definition) is 8. The number of benzene rings is 1. The summed E-state index contributed by atoms with van der Waals surface area (Å²) < 4.78 is 33.1. The summed E-state index contributed by atoms with van der Waals surface area (Å²) in [6.45, 7) is 4.60. The Bertz CT molecular complexity index is 896. The number of nitrogens with one attached hydrogen (secondary N) is 1. The van der Waals surface area contributed by atoms with E-state index in [2.05, 4.69) is 19.7 Å². The van der Waals surface area contributed by atoms with Crippen LogP contribution < -0.4 is 14.5 Å².